The van der Waals surface area contributed by atoms with E-state index in [0.29, 0.717) is 6.20 Å². The molecular weight excluding hydrogens is 482 g/mol. The zero-order valence-corrected chi connectivity index (χ0v) is 16.9. The second-order valence-corrected chi connectivity index (χ2v) is 7.31. The standard InChI is InChI=1S/C20H15F8N3O3/c21-9-18(7-16(19(23,24)25)33-17(29)31-18)12-5-10(1-3-13(12)22)6-15(32)14-4-2-11(8-30-14)34-20(26,27)28/h1-5,8,16H,6-7,9H2,(H2,29,31)/t16-,18+/m0/s1. The Kier molecular flexibility index (Phi) is 6.71. The van der Waals surface area contributed by atoms with E-state index in [1.165, 1.54) is 0 Å². The second kappa shape index (κ2) is 9.06. The summed E-state index contributed by atoms with van der Waals surface area (Å²) in [4.78, 5) is 19.6. The van der Waals surface area contributed by atoms with Gasteiger partial charge in [0.15, 0.2) is 11.9 Å². The number of halogens is 8. The number of Topliss-reactive ketones (excluding diaryl/α,β-unsaturated/α-hetero) is 1. The third kappa shape index (κ3) is 5.72. The normalized spacial score (nSPS) is 20.9. The summed E-state index contributed by atoms with van der Waals surface area (Å²) in [6.07, 6.45) is -13.3. The van der Waals surface area contributed by atoms with Crippen molar-refractivity contribution < 1.29 is 49.4 Å². The largest absolute Gasteiger partial charge is 0.573 e. The number of hydrogen-bond acceptors (Lipinski definition) is 6. The second-order valence-electron chi connectivity index (χ2n) is 7.31. The first-order valence-electron chi connectivity index (χ1n) is 9.41. The van der Waals surface area contributed by atoms with E-state index in [1.807, 2.05) is 0 Å². The van der Waals surface area contributed by atoms with Crippen LogP contribution >= 0.6 is 0 Å². The molecule has 0 bridgehead atoms. The molecule has 34 heavy (non-hydrogen) atoms. The van der Waals surface area contributed by atoms with Gasteiger partial charge in [-0.1, -0.05) is 6.07 Å². The molecule has 2 N–H and O–H groups in total. The predicted octanol–water partition coefficient (Wildman–Crippen LogP) is 4.38. The summed E-state index contributed by atoms with van der Waals surface area (Å²) >= 11 is 0. The number of ether oxygens (including phenoxy) is 2. The van der Waals surface area contributed by atoms with Gasteiger partial charge in [0.1, 0.15) is 29.5 Å². The highest BCUT2D eigenvalue weighted by Gasteiger charge is 2.52. The number of ketones is 1. The summed E-state index contributed by atoms with van der Waals surface area (Å²) < 4.78 is 113. The molecule has 0 spiro atoms. The highest BCUT2D eigenvalue weighted by atomic mass is 19.4. The molecule has 2 heterocycles. The Labute approximate surface area is 186 Å². The number of aromatic nitrogens is 1. The van der Waals surface area contributed by atoms with Crippen molar-refractivity contribution in [2.24, 2.45) is 10.7 Å². The molecule has 184 valence electrons. The van der Waals surface area contributed by atoms with Gasteiger partial charge in [0.25, 0.3) is 6.02 Å². The molecule has 14 heteroatoms. The van der Waals surface area contributed by atoms with Crippen molar-refractivity contribution in [3.8, 4) is 5.75 Å². The molecule has 2 atom stereocenters. The summed E-state index contributed by atoms with van der Waals surface area (Å²) in [5, 5.41) is 0. The minimum absolute atomic E-state index is 0.0652. The summed E-state index contributed by atoms with van der Waals surface area (Å²) in [5.74, 6) is -2.46. The first-order valence-corrected chi connectivity index (χ1v) is 9.41. The SMILES string of the molecule is NC1=N[C@](CF)(c2cc(CC(=O)c3ccc(OC(F)(F)F)cn3)ccc2F)C[C@@H](C(F)(F)F)O1. The highest BCUT2D eigenvalue weighted by molar-refractivity contribution is 5.95. The van der Waals surface area contributed by atoms with Gasteiger partial charge in [-0.15, -0.1) is 13.2 Å². The molecule has 6 nitrogen and oxygen atoms in total. The van der Waals surface area contributed by atoms with Crippen LogP contribution in [-0.2, 0) is 16.7 Å². The van der Waals surface area contributed by atoms with E-state index in [4.69, 9.17) is 5.73 Å². The van der Waals surface area contributed by atoms with Crippen molar-refractivity contribution in [3.05, 3.63) is 59.2 Å². The van der Waals surface area contributed by atoms with Crippen molar-refractivity contribution in [2.75, 3.05) is 6.67 Å². The number of hydrogen-bond donors (Lipinski definition) is 1. The predicted molar refractivity (Wildman–Crippen MR) is 100 cm³/mol. The van der Waals surface area contributed by atoms with Gasteiger partial charge in [0.2, 0.25) is 0 Å². The molecule has 1 aliphatic heterocycles. The molecule has 2 aromatic rings. The van der Waals surface area contributed by atoms with Crippen LogP contribution in [-0.4, -0.2) is 42.1 Å². The van der Waals surface area contributed by atoms with Gasteiger partial charge in [-0.05, 0) is 29.8 Å². The Bertz CT molecular complexity index is 1090. The fourth-order valence-corrected chi connectivity index (χ4v) is 3.34. The molecule has 0 saturated carbocycles. The van der Waals surface area contributed by atoms with Crippen LogP contribution in [0.2, 0.25) is 0 Å². The van der Waals surface area contributed by atoms with E-state index in [9.17, 15) is 39.9 Å². The number of carbonyl (C=O) groups excluding carboxylic acids is 1. The van der Waals surface area contributed by atoms with Gasteiger partial charge in [0, 0.05) is 18.4 Å². The van der Waals surface area contributed by atoms with Crippen LogP contribution in [0.3, 0.4) is 0 Å². The third-order valence-corrected chi connectivity index (χ3v) is 4.85. The fraction of sp³-hybridized carbons (Fsp3) is 0.350. The molecule has 1 aromatic heterocycles. The number of nitrogens with two attached hydrogens (primary N) is 1. The fourth-order valence-electron chi connectivity index (χ4n) is 3.34. The lowest BCUT2D eigenvalue weighted by Gasteiger charge is -2.36. The molecule has 0 aliphatic carbocycles. The Morgan fingerprint density at radius 1 is 1.18 bits per heavy atom. The Hall–Kier alpha value is -3.45. The topological polar surface area (TPSA) is 86.8 Å². The molecule has 1 aromatic carbocycles. The van der Waals surface area contributed by atoms with Crippen LogP contribution in [0.15, 0.2) is 41.5 Å². The van der Waals surface area contributed by atoms with Gasteiger partial charge >= 0.3 is 12.5 Å². The highest BCUT2D eigenvalue weighted by Crippen LogP contribution is 2.41. The average Bonchev–Trinajstić information content (AvgIpc) is 2.73. The first-order chi connectivity index (χ1) is 15.7. The van der Waals surface area contributed by atoms with E-state index < -0.39 is 72.6 Å². The maximum atomic E-state index is 14.6. The van der Waals surface area contributed by atoms with Crippen molar-refractivity contribution in [3.63, 3.8) is 0 Å². The van der Waals surface area contributed by atoms with Gasteiger partial charge in [-0.2, -0.15) is 13.2 Å². The van der Waals surface area contributed by atoms with Crippen LogP contribution in [0.1, 0.15) is 28.0 Å². The van der Waals surface area contributed by atoms with Gasteiger partial charge in [0.05, 0.1) is 6.20 Å². The Morgan fingerprint density at radius 2 is 1.88 bits per heavy atom. The van der Waals surface area contributed by atoms with Crippen molar-refractivity contribution in [1.29, 1.82) is 0 Å². The number of benzene rings is 1. The van der Waals surface area contributed by atoms with Crippen LogP contribution in [0.25, 0.3) is 0 Å². The van der Waals surface area contributed by atoms with Gasteiger partial charge in [-0.3, -0.25) is 4.79 Å². The molecular formula is C20H15F8N3O3. The number of amidine groups is 1. The van der Waals surface area contributed by atoms with Crippen LogP contribution in [0.4, 0.5) is 35.1 Å². The molecule has 0 radical (unpaired) electrons. The van der Waals surface area contributed by atoms with Crippen LogP contribution in [0.5, 0.6) is 5.75 Å². The summed E-state index contributed by atoms with van der Waals surface area (Å²) in [6, 6.07) is 3.79. The summed E-state index contributed by atoms with van der Waals surface area (Å²) in [6.45, 7) is -1.54. The summed E-state index contributed by atoms with van der Waals surface area (Å²) in [7, 11) is 0. The number of rotatable bonds is 6. The van der Waals surface area contributed by atoms with Crippen molar-refractivity contribution >= 4 is 11.8 Å². The number of alkyl halides is 7. The molecule has 0 fully saturated rings. The van der Waals surface area contributed by atoms with Crippen molar-refractivity contribution in [1.82, 2.24) is 4.98 Å². The Balaban J connectivity index is 1.87. The molecule has 0 saturated heterocycles. The molecule has 3 rings (SSSR count). The number of carbonyl (C=O) groups is 1. The lowest BCUT2D eigenvalue weighted by Crippen LogP contribution is -2.48. The number of aliphatic imine (C=N–C) groups is 1. The average molecular weight is 497 g/mol. The zero-order valence-electron chi connectivity index (χ0n) is 16.9. The number of nitrogens with zero attached hydrogens (tertiary/aromatic N) is 2. The van der Waals surface area contributed by atoms with E-state index in [-0.39, 0.29) is 11.3 Å². The van der Waals surface area contributed by atoms with Crippen LogP contribution < -0.4 is 10.5 Å². The Morgan fingerprint density at radius 3 is 2.44 bits per heavy atom. The van der Waals surface area contributed by atoms with Crippen LogP contribution in [0, 0.1) is 5.82 Å². The maximum absolute atomic E-state index is 14.6. The smallest absolute Gasteiger partial charge is 0.452 e. The quantitative estimate of drug-likeness (QED) is 0.473. The number of pyridine rings is 1. The van der Waals surface area contributed by atoms with E-state index >= 15 is 0 Å². The van der Waals surface area contributed by atoms with E-state index in [2.05, 4.69) is 19.5 Å². The zero-order chi connectivity index (χ0) is 25.3. The first kappa shape index (κ1) is 25.2. The monoisotopic (exact) mass is 497 g/mol. The third-order valence-electron chi connectivity index (χ3n) is 4.85. The lowest BCUT2D eigenvalue weighted by molar-refractivity contribution is -0.274. The summed E-state index contributed by atoms with van der Waals surface area (Å²) in [5.41, 5.74) is 2.19. The molecule has 0 unspecified atom stereocenters. The van der Waals surface area contributed by atoms with E-state index in [0.717, 1.165) is 30.3 Å². The van der Waals surface area contributed by atoms with Gasteiger partial charge < -0.3 is 15.2 Å². The van der Waals surface area contributed by atoms with Crippen molar-refractivity contribution in [2.45, 2.75) is 37.0 Å². The molecule has 1 aliphatic rings. The minimum Gasteiger partial charge on any atom is -0.452 e. The molecule has 0 amide bonds. The van der Waals surface area contributed by atoms with Gasteiger partial charge in [-0.25, -0.2) is 18.8 Å². The van der Waals surface area contributed by atoms with E-state index in [1.54, 1.807) is 0 Å². The minimum atomic E-state index is -4.95. The lowest BCUT2D eigenvalue weighted by atomic mass is 9.83. The maximum Gasteiger partial charge on any atom is 0.573 e.